The van der Waals surface area contributed by atoms with Crippen LogP contribution in [-0.2, 0) is 0 Å². The lowest BCUT2D eigenvalue weighted by Gasteiger charge is -2.15. The van der Waals surface area contributed by atoms with Crippen molar-refractivity contribution in [1.82, 2.24) is 0 Å². The molecule has 0 amide bonds. The standard InChI is InChI=1S/C13H21NO2/c1-4-5-8-16-13-9-11(15-3)6-7-12(13)10(2)14/h6-7,9-10H,4-5,8,14H2,1-3H3. The van der Waals surface area contributed by atoms with E-state index in [9.17, 15) is 0 Å². The third-order valence-corrected chi connectivity index (χ3v) is 2.47. The van der Waals surface area contributed by atoms with Crippen LogP contribution in [0.4, 0.5) is 0 Å². The van der Waals surface area contributed by atoms with E-state index in [0.717, 1.165) is 36.5 Å². The Labute approximate surface area is 97.6 Å². The molecule has 0 radical (unpaired) electrons. The number of rotatable bonds is 6. The second-order valence-electron chi connectivity index (χ2n) is 3.89. The molecule has 0 aromatic heterocycles. The van der Waals surface area contributed by atoms with E-state index in [0.29, 0.717) is 0 Å². The van der Waals surface area contributed by atoms with Crippen LogP contribution in [0.5, 0.6) is 11.5 Å². The molecular weight excluding hydrogens is 202 g/mol. The average molecular weight is 223 g/mol. The summed E-state index contributed by atoms with van der Waals surface area (Å²) in [6.07, 6.45) is 2.17. The summed E-state index contributed by atoms with van der Waals surface area (Å²) < 4.78 is 10.9. The van der Waals surface area contributed by atoms with Crippen molar-refractivity contribution in [3.8, 4) is 11.5 Å². The van der Waals surface area contributed by atoms with Crippen molar-refractivity contribution in [3.05, 3.63) is 23.8 Å². The molecule has 0 heterocycles. The molecule has 3 nitrogen and oxygen atoms in total. The van der Waals surface area contributed by atoms with Crippen molar-refractivity contribution in [1.29, 1.82) is 0 Å². The van der Waals surface area contributed by atoms with E-state index in [1.54, 1.807) is 7.11 Å². The maximum atomic E-state index is 5.89. The van der Waals surface area contributed by atoms with Crippen LogP contribution in [0.15, 0.2) is 18.2 Å². The highest BCUT2D eigenvalue weighted by Crippen LogP contribution is 2.28. The van der Waals surface area contributed by atoms with Gasteiger partial charge in [-0.25, -0.2) is 0 Å². The zero-order valence-corrected chi connectivity index (χ0v) is 10.3. The summed E-state index contributed by atoms with van der Waals surface area (Å²) in [6.45, 7) is 4.82. The summed E-state index contributed by atoms with van der Waals surface area (Å²) in [5.74, 6) is 1.64. The molecule has 0 aliphatic heterocycles. The first kappa shape index (κ1) is 12.8. The van der Waals surface area contributed by atoms with Crippen molar-refractivity contribution >= 4 is 0 Å². The normalized spacial score (nSPS) is 12.2. The Morgan fingerprint density at radius 2 is 2.12 bits per heavy atom. The number of methoxy groups -OCH3 is 1. The summed E-state index contributed by atoms with van der Waals surface area (Å²) in [4.78, 5) is 0. The molecule has 0 fully saturated rings. The minimum Gasteiger partial charge on any atom is -0.497 e. The zero-order valence-electron chi connectivity index (χ0n) is 10.3. The maximum absolute atomic E-state index is 5.89. The van der Waals surface area contributed by atoms with Crippen LogP contribution in [0.2, 0.25) is 0 Å². The lowest BCUT2D eigenvalue weighted by molar-refractivity contribution is 0.302. The summed E-state index contributed by atoms with van der Waals surface area (Å²) in [5.41, 5.74) is 6.91. The molecule has 1 aromatic rings. The number of nitrogens with two attached hydrogens (primary N) is 1. The Morgan fingerprint density at radius 3 is 2.69 bits per heavy atom. The molecule has 0 saturated heterocycles. The molecule has 1 atom stereocenters. The molecule has 2 N–H and O–H groups in total. The van der Waals surface area contributed by atoms with Gasteiger partial charge >= 0.3 is 0 Å². The molecule has 0 aliphatic rings. The second kappa shape index (κ2) is 6.38. The third kappa shape index (κ3) is 3.42. The maximum Gasteiger partial charge on any atom is 0.127 e. The first-order valence-corrected chi connectivity index (χ1v) is 5.75. The third-order valence-electron chi connectivity index (χ3n) is 2.47. The molecule has 0 aliphatic carbocycles. The van der Waals surface area contributed by atoms with Gasteiger partial charge in [0.15, 0.2) is 0 Å². The molecule has 0 spiro atoms. The van der Waals surface area contributed by atoms with E-state index in [1.165, 1.54) is 0 Å². The van der Waals surface area contributed by atoms with Gasteiger partial charge in [-0.1, -0.05) is 19.4 Å². The zero-order chi connectivity index (χ0) is 12.0. The van der Waals surface area contributed by atoms with Gasteiger partial charge in [-0.05, 0) is 19.4 Å². The summed E-state index contributed by atoms with van der Waals surface area (Å²) in [7, 11) is 1.65. The Kier molecular flexibility index (Phi) is 5.12. The monoisotopic (exact) mass is 223 g/mol. The molecule has 16 heavy (non-hydrogen) atoms. The van der Waals surface area contributed by atoms with E-state index < -0.39 is 0 Å². The fraction of sp³-hybridized carbons (Fsp3) is 0.538. The van der Waals surface area contributed by atoms with Gasteiger partial charge in [0.25, 0.3) is 0 Å². The van der Waals surface area contributed by atoms with Gasteiger partial charge in [0, 0.05) is 17.7 Å². The quantitative estimate of drug-likeness (QED) is 0.754. The van der Waals surface area contributed by atoms with Crippen molar-refractivity contribution in [2.24, 2.45) is 5.73 Å². The van der Waals surface area contributed by atoms with E-state index in [2.05, 4.69) is 6.92 Å². The fourth-order valence-corrected chi connectivity index (χ4v) is 1.47. The van der Waals surface area contributed by atoms with Crippen LogP contribution in [0.25, 0.3) is 0 Å². The molecule has 1 rings (SSSR count). The summed E-state index contributed by atoms with van der Waals surface area (Å²) >= 11 is 0. The second-order valence-corrected chi connectivity index (χ2v) is 3.89. The minimum absolute atomic E-state index is 0.0254. The Hall–Kier alpha value is -1.22. The van der Waals surface area contributed by atoms with E-state index >= 15 is 0 Å². The molecule has 0 bridgehead atoms. The number of hydrogen-bond donors (Lipinski definition) is 1. The van der Waals surface area contributed by atoms with Crippen LogP contribution < -0.4 is 15.2 Å². The lowest BCUT2D eigenvalue weighted by atomic mass is 10.1. The highest BCUT2D eigenvalue weighted by molar-refractivity contribution is 5.42. The summed E-state index contributed by atoms with van der Waals surface area (Å²) in [6, 6.07) is 5.74. The first-order valence-electron chi connectivity index (χ1n) is 5.75. The van der Waals surface area contributed by atoms with E-state index in [1.807, 2.05) is 25.1 Å². The highest BCUT2D eigenvalue weighted by atomic mass is 16.5. The molecular formula is C13H21NO2. The molecule has 0 saturated carbocycles. The van der Waals surface area contributed by atoms with Crippen molar-refractivity contribution < 1.29 is 9.47 Å². The Balaban J connectivity index is 2.83. The van der Waals surface area contributed by atoms with Crippen LogP contribution in [0.3, 0.4) is 0 Å². The fourth-order valence-electron chi connectivity index (χ4n) is 1.47. The van der Waals surface area contributed by atoms with Gasteiger partial charge in [0.2, 0.25) is 0 Å². The van der Waals surface area contributed by atoms with Gasteiger partial charge in [-0.2, -0.15) is 0 Å². The highest BCUT2D eigenvalue weighted by Gasteiger charge is 2.09. The van der Waals surface area contributed by atoms with E-state index in [4.69, 9.17) is 15.2 Å². The largest absolute Gasteiger partial charge is 0.497 e. The molecule has 1 unspecified atom stereocenters. The molecule has 1 aromatic carbocycles. The SMILES string of the molecule is CCCCOc1cc(OC)ccc1C(C)N. The van der Waals surface area contributed by atoms with Crippen LogP contribution in [0.1, 0.15) is 38.3 Å². The van der Waals surface area contributed by atoms with Gasteiger partial charge in [0.1, 0.15) is 11.5 Å². The topological polar surface area (TPSA) is 44.5 Å². The van der Waals surface area contributed by atoms with Crippen LogP contribution >= 0.6 is 0 Å². The van der Waals surface area contributed by atoms with Gasteiger partial charge in [-0.15, -0.1) is 0 Å². The van der Waals surface area contributed by atoms with Gasteiger partial charge < -0.3 is 15.2 Å². The van der Waals surface area contributed by atoms with Crippen LogP contribution in [0, 0.1) is 0 Å². The van der Waals surface area contributed by atoms with Crippen LogP contribution in [-0.4, -0.2) is 13.7 Å². The van der Waals surface area contributed by atoms with Gasteiger partial charge in [0.05, 0.1) is 13.7 Å². The molecule has 3 heteroatoms. The summed E-state index contributed by atoms with van der Waals surface area (Å²) in [5, 5.41) is 0. The lowest BCUT2D eigenvalue weighted by Crippen LogP contribution is -2.08. The predicted octanol–water partition coefficient (Wildman–Crippen LogP) is 2.89. The average Bonchev–Trinajstić information content (AvgIpc) is 2.29. The van der Waals surface area contributed by atoms with Crippen molar-refractivity contribution in [2.45, 2.75) is 32.7 Å². The number of benzene rings is 1. The molecule has 90 valence electrons. The Bertz CT molecular complexity index is 324. The van der Waals surface area contributed by atoms with Crippen molar-refractivity contribution in [2.75, 3.05) is 13.7 Å². The Morgan fingerprint density at radius 1 is 1.38 bits per heavy atom. The number of unbranched alkanes of at least 4 members (excludes halogenated alkanes) is 1. The number of ether oxygens (including phenoxy) is 2. The van der Waals surface area contributed by atoms with E-state index in [-0.39, 0.29) is 6.04 Å². The smallest absolute Gasteiger partial charge is 0.127 e. The van der Waals surface area contributed by atoms with Crippen molar-refractivity contribution in [3.63, 3.8) is 0 Å². The predicted molar refractivity (Wildman–Crippen MR) is 66.0 cm³/mol. The first-order chi connectivity index (χ1) is 7.69. The van der Waals surface area contributed by atoms with Gasteiger partial charge in [-0.3, -0.25) is 0 Å². The minimum atomic E-state index is -0.0254. The number of hydrogen-bond acceptors (Lipinski definition) is 3.